The summed E-state index contributed by atoms with van der Waals surface area (Å²) in [5.41, 5.74) is 0.321. The molecule has 0 radical (unpaired) electrons. The molecule has 0 fully saturated rings. The highest BCUT2D eigenvalue weighted by Gasteiger charge is 2.17. The smallest absolute Gasteiger partial charge is 0.457 e. The van der Waals surface area contributed by atoms with Crippen molar-refractivity contribution in [2.45, 2.75) is 46.0 Å². The molecule has 0 saturated carbocycles. The van der Waals surface area contributed by atoms with Gasteiger partial charge < -0.3 is 24.0 Å². The van der Waals surface area contributed by atoms with Crippen LogP contribution in [-0.2, 0) is 28.1 Å². The van der Waals surface area contributed by atoms with E-state index in [0.29, 0.717) is 5.57 Å². The lowest BCUT2D eigenvalue weighted by Gasteiger charge is -2.20. The molecule has 8 nitrogen and oxygen atoms in total. The minimum Gasteiger partial charge on any atom is -0.457 e. The van der Waals surface area contributed by atoms with E-state index in [4.69, 9.17) is 24.0 Å². The Morgan fingerprint density at radius 3 is 1.95 bits per heavy atom. The zero-order valence-electron chi connectivity index (χ0n) is 13.4. The first-order chi connectivity index (χ1) is 10.0. The SMILES string of the molecule is C=C(C)C(=O)OC(C)COC(C)COC(C)COP(=O)(O)O. The van der Waals surface area contributed by atoms with Crippen LogP contribution in [0.15, 0.2) is 12.2 Å². The first-order valence-electron chi connectivity index (χ1n) is 6.81. The van der Waals surface area contributed by atoms with Crippen LogP contribution in [-0.4, -0.2) is 53.9 Å². The molecule has 0 aliphatic rings. The van der Waals surface area contributed by atoms with E-state index in [2.05, 4.69) is 11.1 Å². The van der Waals surface area contributed by atoms with E-state index < -0.39 is 26.0 Å². The van der Waals surface area contributed by atoms with Crippen LogP contribution in [0, 0.1) is 0 Å². The molecule has 2 N–H and O–H groups in total. The number of carbonyl (C=O) groups is 1. The van der Waals surface area contributed by atoms with Crippen molar-refractivity contribution in [3.05, 3.63) is 12.2 Å². The van der Waals surface area contributed by atoms with Crippen molar-refractivity contribution in [2.75, 3.05) is 19.8 Å². The third-order valence-electron chi connectivity index (χ3n) is 2.37. The van der Waals surface area contributed by atoms with Gasteiger partial charge in [0.05, 0.1) is 32.0 Å². The molecule has 0 heterocycles. The van der Waals surface area contributed by atoms with Crippen LogP contribution in [0.3, 0.4) is 0 Å². The predicted molar refractivity (Wildman–Crippen MR) is 79.2 cm³/mol. The van der Waals surface area contributed by atoms with Crippen LogP contribution in [0.1, 0.15) is 27.7 Å². The monoisotopic (exact) mass is 340 g/mol. The summed E-state index contributed by atoms with van der Waals surface area (Å²) in [6.07, 6.45) is -1.18. The Hall–Kier alpha value is -0.760. The zero-order chi connectivity index (χ0) is 17.3. The second-order valence-electron chi connectivity index (χ2n) is 5.07. The maximum absolute atomic E-state index is 11.3. The summed E-state index contributed by atoms with van der Waals surface area (Å²) in [4.78, 5) is 28.4. The molecule has 0 aromatic carbocycles. The Morgan fingerprint density at radius 1 is 1.05 bits per heavy atom. The molecule has 0 amide bonds. The molecule has 3 unspecified atom stereocenters. The molecule has 0 spiro atoms. The third-order valence-corrected chi connectivity index (χ3v) is 2.85. The average molecular weight is 340 g/mol. The number of ether oxygens (including phenoxy) is 3. The quantitative estimate of drug-likeness (QED) is 0.330. The highest BCUT2D eigenvalue weighted by atomic mass is 31.2. The molecule has 0 aliphatic carbocycles. The number of phosphoric ester groups is 1. The number of rotatable bonds is 11. The predicted octanol–water partition coefficient (Wildman–Crippen LogP) is 1.41. The van der Waals surface area contributed by atoms with E-state index in [9.17, 15) is 9.36 Å². The van der Waals surface area contributed by atoms with Crippen molar-refractivity contribution in [1.29, 1.82) is 0 Å². The molecular weight excluding hydrogens is 315 g/mol. The van der Waals surface area contributed by atoms with Crippen molar-refractivity contribution in [2.24, 2.45) is 0 Å². The molecule has 9 heteroatoms. The van der Waals surface area contributed by atoms with Gasteiger partial charge in [0.1, 0.15) is 6.10 Å². The summed E-state index contributed by atoms with van der Waals surface area (Å²) in [5.74, 6) is -0.469. The fraction of sp³-hybridized carbons (Fsp3) is 0.769. The van der Waals surface area contributed by atoms with Gasteiger partial charge in [-0.2, -0.15) is 0 Å². The van der Waals surface area contributed by atoms with Gasteiger partial charge in [-0.25, -0.2) is 9.36 Å². The van der Waals surface area contributed by atoms with Gasteiger partial charge in [-0.1, -0.05) is 6.58 Å². The lowest BCUT2D eigenvalue weighted by Crippen LogP contribution is -2.27. The fourth-order valence-electron chi connectivity index (χ4n) is 1.22. The summed E-state index contributed by atoms with van der Waals surface area (Å²) in [5, 5.41) is 0. The van der Waals surface area contributed by atoms with Crippen molar-refractivity contribution in [3.63, 3.8) is 0 Å². The largest absolute Gasteiger partial charge is 0.469 e. The second-order valence-corrected chi connectivity index (χ2v) is 6.31. The summed E-state index contributed by atoms with van der Waals surface area (Å²) in [6.45, 7) is 10.3. The van der Waals surface area contributed by atoms with Crippen LogP contribution >= 0.6 is 7.82 Å². The molecule has 0 rings (SSSR count). The molecule has 22 heavy (non-hydrogen) atoms. The van der Waals surface area contributed by atoms with Crippen molar-refractivity contribution >= 4 is 13.8 Å². The summed E-state index contributed by atoms with van der Waals surface area (Å²) >= 11 is 0. The Balaban J connectivity index is 3.85. The normalized spacial score (nSPS) is 15.9. The van der Waals surface area contributed by atoms with Crippen molar-refractivity contribution in [1.82, 2.24) is 0 Å². The molecule has 0 aliphatic heterocycles. The number of phosphoric acid groups is 1. The standard InChI is InChI=1S/C13H25O8P/c1-9(2)13(14)21-12(5)7-19-10(3)6-18-11(4)8-20-22(15,16)17/h10-12H,1,6-8H2,2-5H3,(H2,15,16,17). The molecule has 130 valence electrons. The Bertz CT molecular complexity index is 405. The number of hydrogen-bond acceptors (Lipinski definition) is 6. The van der Waals surface area contributed by atoms with Crippen LogP contribution in [0.5, 0.6) is 0 Å². The maximum Gasteiger partial charge on any atom is 0.469 e. The summed E-state index contributed by atoms with van der Waals surface area (Å²) in [6, 6.07) is 0. The zero-order valence-corrected chi connectivity index (χ0v) is 14.2. The van der Waals surface area contributed by atoms with Gasteiger partial charge >= 0.3 is 13.8 Å². The molecule has 0 aromatic rings. The van der Waals surface area contributed by atoms with E-state index in [-0.39, 0.29) is 25.9 Å². The molecule has 0 bridgehead atoms. The van der Waals surface area contributed by atoms with E-state index >= 15 is 0 Å². The Kier molecular flexibility index (Phi) is 9.75. The molecule has 0 aromatic heterocycles. The minimum atomic E-state index is -4.48. The van der Waals surface area contributed by atoms with Crippen molar-refractivity contribution < 1.29 is 37.9 Å². The van der Waals surface area contributed by atoms with Gasteiger partial charge in [-0.15, -0.1) is 0 Å². The van der Waals surface area contributed by atoms with Crippen LogP contribution < -0.4 is 0 Å². The van der Waals surface area contributed by atoms with Gasteiger partial charge in [-0.05, 0) is 27.7 Å². The molecule has 0 saturated heterocycles. The number of hydrogen-bond donors (Lipinski definition) is 2. The minimum absolute atomic E-state index is 0.205. The average Bonchev–Trinajstić information content (AvgIpc) is 2.39. The Labute approximate surface area is 130 Å². The first-order valence-corrected chi connectivity index (χ1v) is 8.34. The Morgan fingerprint density at radius 2 is 1.50 bits per heavy atom. The molecule has 3 atom stereocenters. The lowest BCUT2D eigenvalue weighted by atomic mass is 10.3. The first kappa shape index (κ1) is 21.2. The third kappa shape index (κ3) is 11.9. The van der Waals surface area contributed by atoms with E-state index in [1.807, 2.05) is 0 Å². The van der Waals surface area contributed by atoms with E-state index in [0.717, 1.165) is 0 Å². The van der Waals surface area contributed by atoms with E-state index in [1.165, 1.54) is 0 Å². The van der Waals surface area contributed by atoms with Gasteiger partial charge in [-0.3, -0.25) is 4.52 Å². The van der Waals surface area contributed by atoms with Crippen LogP contribution in [0.2, 0.25) is 0 Å². The maximum atomic E-state index is 11.3. The molecular formula is C13H25O8P. The highest BCUT2D eigenvalue weighted by molar-refractivity contribution is 7.46. The van der Waals surface area contributed by atoms with Crippen molar-refractivity contribution in [3.8, 4) is 0 Å². The van der Waals surface area contributed by atoms with E-state index in [1.54, 1.807) is 27.7 Å². The summed E-state index contributed by atoms with van der Waals surface area (Å²) in [7, 11) is -4.48. The number of esters is 1. The summed E-state index contributed by atoms with van der Waals surface area (Å²) < 4.78 is 30.7. The highest BCUT2D eigenvalue weighted by Crippen LogP contribution is 2.35. The van der Waals surface area contributed by atoms with Crippen LogP contribution in [0.4, 0.5) is 0 Å². The number of carbonyl (C=O) groups excluding carboxylic acids is 1. The second kappa shape index (κ2) is 10.1. The van der Waals surface area contributed by atoms with Crippen LogP contribution in [0.25, 0.3) is 0 Å². The fourth-order valence-corrected chi connectivity index (χ4v) is 1.62. The van der Waals surface area contributed by atoms with Gasteiger partial charge in [0, 0.05) is 5.57 Å². The topological polar surface area (TPSA) is 112 Å². The lowest BCUT2D eigenvalue weighted by molar-refractivity contribution is -0.148. The van der Waals surface area contributed by atoms with Gasteiger partial charge in [0.2, 0.25) is 0 Å². The van der Waals surface area contributed by atoms with Gasteiger partial charge in [0.15, 0.2) is 0 Å². The van der Waals surface area contributed by atoms with Gasteiger partial charge in [0.25, 0.3) is 0 Å².